The second-order valence-electron chi connectivity index (χ2n) is 5.84. The highest BCUT2D eigenvalue weighted by molar-refractivity contribution is 7.48. The van der Waals surface area contributed by atoms with Crippen LogP contribution in [0.5, 0.6) is 0 Å². The SMILES string of the molecule is CC(C)CCOP(=O)(OCC(C)C)OCC(C)C. The average Bonchev–Trinajstić information content (AvgIpc) is 2.23. The second-order valence-corrected chi connectivity index (χ2v) is 7.51. The first kappa shape index (κ1) is 18.1. The summed E-state index contributed by atoms with van der Waals surface area (Å²) in [5.74, 6) is 1.11. The van der Waals surface area contributed by atoms with Gasteiger partial charge in [0.1, 0.15) is 0 Å². The van der Waals surface area contributed by atoms with Crippen LogP contribution < -0.4 is 0 Å². The monoisotopic (exact) mass is 280 g/mol. The van der Waals surface area contributed by atoms with Crippen LogP contribution in [0.3, 0.4) is 0 Å². The summed E-state index contributed by atoms with van der Waals surface area (Å²) in [5.41, 5.74) is 0. The molecule has 0 aliphatic heterocycles. The lowest BCUT2D eigenvalue weighted by Gasteiger charge is -2.20. The Morgan fingerprint density at radius 2 is 1.22 bits per heavy atom. The number of hydrogen-bond acceptors (Lipinski definition) is 4. The molecule has 0 spiro atoms. The molecule has 0 atom stereocenters. The molecule has 0 aromatic rings. The molecule has 0 radical (unpaired) electrons. The lowest BCUT2D eigenvalue weighted by atomic mass is 10.2. The van der Waals surface area contributed by atoms with E-state index in [0.29, 0.717) is 37.6 Å². The van der Waals surface area contributed by atoms with Gasteiger partial charge in [0, 0.05) is 0 Å². The topological polar surface area (TPSA) is 44.8 Å². The molecule has 110 valence electrons. The zero-order chi connectivity index (χ0) is 14.2. The first-order valence-corrected chi connectivity index (χ1v) is 8.25. The van der Waals surface area contributed by atoms with Gasteiger partial charge in [0.05, 0.1) is 19.8 Å². The Morgan fingerprint density at radius 1 is 0.778 bits per heavy atom. The third kappa shape index (κ3) is 10.1. The van der Waals surface area contributed by atoms with Gasteiger partial charge < -0.3 is 0 Å². The lowest BCUT2D eigenvalue weighted by Crippen LogP contribution is -2.09. The zero-order valence-electron chi connectivity index (χ0n) is 12.6. The fraction of sp³-hybridized carbons (Fsp3) is 1.00. The van der Waals surface area contributed by atoms with E-state index in [1.165, 1.54) is 0 Å². The molecule has 0 unspecified atom stereocenters. The van der Waals surface area contributed by atoms with Gasteiger partial charge in [0.25, 0.3) is 0 Å². The third-order valence-corrected chi connectivity index (χ3v) is 3.51. The summed E-state index contributed by atoms with van der Waals surface area (Å²) in [6.45, 7) is 13.4. The molecule has 0 saturated heterocycles. The van der Waals surface area contributed by atoms with Crippen molar-refractivity contribution in [1.29, 1.82) is 0 Å². The van der Waals surface area contributed by atoms with E-state index in [2.05, 4.69) is 13.8 Å². The van der Waals surface area contributed by atoms with E-state index in [1.807, 2.05) is 27.7 Å². The molecule has 4 nitrogen and oxygen atoms in total. The first-order valence-electron chi connectivity index (χ1n) is 6.79. The van der Waals surface area contributed by atoms with Crippen LogP contribution in [0.4, 0.5) is 0 Å². The quantitative estimate of drug-likeness (QED) is 0.553. The van der Waals surface area contributed by atoms with Crippen LogP contribution in [-0.2, 0) is 18.1 Å². The molecule has 18 heavy (non-hydrogen) atoms. The van der Waals surface area contributed by atoms with Crippen LogP contribution in [-0.4, -0.2) is 19.8 Å². The molecule has 0 aromatic carbocycles. The van der Waals surface area contributed by atoms with E-state index in [0.717, 1.165) is 6.42 Å². The molecule has 0 aromatic heterocycles. The van der Waals surface area contributed by atoms with E-state index in [9.17, 15) is 4.57 Å². The van der Waals surface area contributed by atoms with E-state index in [1.54, 1.807) is 0 Å². The van der Waals surface area contributed by atoms with Crippen molar-refractivity contribution in [2.45, 2.75) is 48.0 Å². The van der Waals surface area contributed by atoms with Gasteiger partial charge in [-0.1, -0.05) is 41.5 Å². The van der Waals surface area contributed by atoms with Gasteiger partial charge in [0.2, 0.25) is 0 Å². The average molecular weight is 280 g/mol. The minimum atomic E-state index is -3.38. The van der Waals surface area contributed by atoms with Crippen molar-refractivity contribution < 1.29 is 18.1 Å². The Balaban J connectivity index is 4.25. The Kier molecular flexibility index (Phi) is 9.14. The molecule has 0 aliphatic rings. The molecule has 0 heterocycles. The molecule has 0 N–H and O–H groups in total. The van der Waals surface area contributed by atoms with Gasteiger partial charge >= 0.3 is 7.82 Å². The summed E-state index contributed by atoms with van der Waals surface area (Å²) >= 11 is 0. The van der Waals surface area contributed by atoms with E-state index in [-0.39, 0.29) is 0 Å². The van der Waals surface area contributed by atoms with Crippen LogP contribution >= 0.6 is 7.82 Å². The molecular weight excluding hydrogens is 251 g/mol. The van der Waals surface area contributed by atoms with Crippen molar-refractivity contribution in [3.8, 4) is 0 Å². The highest BCUT2D eigenvalue weighted by atomic mass is 31.2. The number of hydrogen-bond donors (Lipinski definition) is 0. The highest BCUT2D eigenvalue weighted by Crippen LogP contribution is 2.50. The molecule has 0 aliphatic carbocycles. The summed E-state index contributed by atoms with van der Waals surface area (Å²) < 4.78 is 28.4. The molecule has 0 fully saturated rings. The second kappa shape index (κ2) is 9.08. The zero-order valence-corrected chi connectivity index (χ0v) is 13.5. The maximum atomic E-state index is 12.3. The Labute approximate surface area is 112 Å². The van der Waals surface area contributed by atoms with Gasteiger partial charge in [-0.15, -0.1) is 0 Å². The highest BCUT2D eigenvalue weighted by Gasteiger charge is 2.27. The summed E-state index contributed by atoms with van der Waals surface area (Å²) in [6.07, 6.45) is 0.847. The Bertz CT molecular complexity index is 235. The van der Waals surface area contributed by atoms with Crippen LogP contribution in [0, 0.1) is 17.8 Å². The van der Waals surface area contributed by atoms with Crippen molar-refractivity contribution >= 4 is 7.82 Å². The van der Waals surface area contributed by atoms with Crippen LogP contribution in [0.1, 0.15) is 48.0 Å². The molecule has 0 rings (SSSR count). The fourth-order valence-electron chi connectivity index (χ4n) is 0.993. The summed E-state index contributed by atoms with van der Waals surface area (Å²) in [4.78, 5) is 0. The molecule has 5 heteroatoms. The molecule has 0 bridgehead atoms. The predicted molar refractivity (Wildman–Crippen MR) is 74.6 cm³/mol. The summed E-state index contributed by atoms with van der Waals surface area (Å²) in [7, 11) is -3.38. The third-order valence-electron chi connectivity index (χ3n) is 2.08. The van der Waals surface area contributed by atoms with Crippen LogP contribution in [0.2, 0.25) is 0 Å². The van der Waals surface area contributed by atoms with Crippen molar-refractivity contribution in [2.24, 2.45) is 17.8 Å². The van der Waals surface area contributed by atoms with E-state index >= 15 is 0 Å². The Morgan fingerprint density at radius 3 is 1.56 bits per heavy atom. The van der Waals surface area contributed by atoms with Crippen molar-refractivity contribution in [3.05, 3.63) is 0 Å². The maximum Gasteiger partial charge on any atom is 0.474 e. The number of phosphoric acid groups is 1. The smallest absolute Gasteiger partial charge is 0.287 e. The normalized spacial score (nSPS) is 12.9. The Hall–Kier alpha value is 0.110. The number of rotatable bonds is 10. The van der Waals surface area contributed by atoms with Gasteiger partial charge in [-0.2, -0.15) is 0 Å². The standard InChI is InChI=1S/C13H29O4P/c1-11(2)7-8-15-18(14,16-9-12(3)4)17-10-13(5)6/h11-13H,7-10H2,1-6H3. The minimum Gasteiger partial charge on any atom is -0.287 e. The summed E-state index contributed by atoms with van der Waals surface area (Å²) in [6, 6.07) is 0. The lowest BCUT2D eigenvalue weighted by molar-refractivity contribution is 0.0927. The summed E-state index contributed by atoms with van der Waals surface area (Å²) in [5, 5.41) is 0. The number of phosphoric ester groups is 1. The predicted octanol–water partition coefficient (Wildman–Crippen LogP) is 4.50. The maximum absolute atomic E-state index is 12.3. The molecule has 0 amide bonds. The molecular formula is C13H29O4P. The fourth-order valence-corrected chi connectivity index (χ4v) is 2.51. The first-order chi connectivity index (χ1) is 8.25. The van der Waals surface area contributed by atoms with Gasteiger partial charge in [0.15, 0.2) is 0 Å². The van der Waals surface area contributed by atoms with Crippen molar-refractivity contribution in [2.75, 3.05) is 19.8 Å². The minimum absolute atomic E-state index is 0.301. The van der Waals surface area contributed by atoms with Gasteiger partial charge in [-0.25, -0.2) is 4.57 Å². The van der Waals surface area contributed by atoms with E-state index in [4.69, 9.17) is 13.6 Å². The van der Waals surface area contributed by atoms with Gasteiger partial charge in [-0.3, -0.25) is 13.6 Å². The van der Waals surface area contributed by atoms with Gasteiger partial charge in [-0.05, 0) is 24.2 Å². The largest absolute Gasteiger partial charge is 0.474 e. The van der Waals surface area contributed by atoms with Crippen molar-refractivity contribution in [3.63, 3.8) is 0 Å². The van der Waals surface area contributed by atoms with Crippen molar-refractivity contribution in [1.82, 2.24) is 0 Å². The van der Waals surface area contributed by atoms with E-state index < -0.39 is 7.82 Å². The van der Waals surface area contributed by atoms with Crippen LogP contribution in [0.15, 0.2) is 0 Å². The molecule has 0 saturated carbocycles. The van der Waals surface area contributed by atoms with Crippen LogP contribution in [0.25, 0.3) is 0 Å².